The molecule has 3 nitrogen and oxygen atoms in total. The van der Waals surface area contributed by atoms with Gasteiger partial charge in [0.15, 0.2) is 0 Å². The Balaban J connectivity index is 2.25. The first-order valence-electron chi connectivity index (χ1n) is 6.36. The molecule has 2 aromatic rings. The smallest absolute Gasteiger partial charge is 0.255 e. The molecule has 0 radical (unpaired) electrons. The van der Waals surface area contributed by atoms with Crippen molar-refractivity contribution in [2.75, 3.05) is 5.32 Å². The van der Waals surface area contributed by atoms with Gasteiger partial charge in [-0.3, -0.25) is 4.79 Å². The Labute approximate surface area is 128 Å². The topological polar surface area (TPSA) is 55.1 Å². The summed E-state index contributed by atoms with van der Waals surface area (Å²) >= 11 is 4.78. The normalized spacial score (nSPS) is 10.2. The van der Waals surface area contributed by atoms with Crippen LogP contribution in [-0.4, -0.2) is 10.9 Å². The average Bonchev–Trinajstić information content (AvgIpc) is 2.39. The number of carbonyl (C=O) groups is 1. The van der Waals surface area contributed by atoms with Crippen molar-refractivity contribution in [1.29, 1.82) is 0 Å². The van der Waals surface area contributed by atoms with Crippen LogP contribution in [0.1, 0.15) is 27.0 Å². The van der Waals surface area contributed by atoms with Gasteiger partial charge in [0.1, 0.15) is 10.8 Å². The number of anilines is 1. The van der Waals surface area contributed by atoms with Crippen LogP contribution >= 0.6 is 12.2 Å². The summed E-state index contributed by atoms with van der Waals surface area (Å²) in [6, 6.07) is 9.70. The van der Waals surface area contributed by atoms with Gasteiger partial charge >= 0.3 is 0 Å². The number of nitrogens with one attached hydrogen (secondary N) is 1. The van der Waals surface area contributed by atoms with Crippen molar-refractivity contribution < 1.29 is 9.18 Å². The van der Waals surface area contributed by atoms with E-state index >= 15 is 0 Å². The summed E-state index contributed by atoms with van der Waals surface area (Å²) < 4.78 is 13.9. The summed E-state index contributed by atoms with van der Waals surface area (Å²) in [5.74, 6) is -0.929. The predicted octanol–water partition coefficient (Wildman–Crippen LogP) is 3.33. The van der Waals surface area contributed by atoms with E-state index in [2.05, 4.69) is 5.32 Å². The Morgan fingerprint density at radius 3 is 2.24 bits per heavy atom. The molecule has 1 amide bonds. The van der Waals surface area contributed by atoms with Gasteiger partial charge in [-0.1, -0.05) is 29.4 Å². The second-order valence-electron chi connectivity index (χ2n) is 4.89. The highest BCUT2D eigenvalue weighted by Gasteiger charge is 2.11. The fourth-order valence-electron chi connectivity index (χ4n) is 2.07. The van der Waals surface area contributed by atoms with Crippen molar-refractivity contribution in [3.05, 3.63) is 64.5 Å². The third-order valence-electron chi connectivity index (χ3n) is 2.99. The number of aryl methyl sites for hydroxylation is 2. The highest BCUT2D eigenvalue weighted by Crippen LogP contribution is 2.18. The van der Waals surface area contributed by atoms with Crippen LogP contribution in [0.2, 0.25) is 0 Å². The van der Waals surface area contributed by atoms with E-state index in [0.29, 0.717) is 11.1 Å². The lowest BCUT2D eigenvalue weighted by molar-refractivity contribution is 0.102. The van der Waals surface area contributed by atoms with Gasteiger partial charge in [0, 0.05) is 11.1 Å². The molecule has 0 bridgehead atoms. The van der Waals surface area contributed by atoms with Gasteiger partial charge in [-0.05, 0) is 44.2 Å². The van der Waals surface area contributed by atoms with E-state index in [9.17, 15) is 9.18 Å². The molecule has 2 rings (SSSR count). The van der Waals surface area contributed by atoms with E-state index in [1.165, 1.54) is 12.1 Å². The number of benzene rings is 2. The molecule has 0 atom stereocenters. The van der Waals surface area contributed by atoms with Crippen LogP contribution < -0.4 is 11.1 Å². The molecule has 0 aliphatic rings. The number of nitrogens with two attached hydrogens (primary N) is 1. The van der Waals surface area contributed by atoms with Gasteiger partial charge in [-0.15, -0.1) is 0 Å². The lowest BCUT2D eigenvalue weighted by Gasteiger charge is -2.09. The number of hydrogen-bond donors (Lipinski definition) is 2. The summed E-state index contributed by atoms with van der Waals surface area (Å²) in [5.41, 5.74) is 8.40. The Hall–Kier alpha value is -2.27. The number of rotatable bonds is 3. The second kappa shape index (κ2) is 6.01. The second-order valence-corrected chi connectivity index (χ2v) is 5.33. The third-order valence-corrected chi connectivity index (χ3v) is 3.22. The number of hydrogen-bond acceptors (Lipinski definition) is 2. The molecule has 0 saturated carbocycles. The molecule has 0 aliphatic carbocycles. The number of carbonyl (C=O) groups excluding carboxylic acids is 1. The first-order valence-corrected chi connectivity index (χ1v) is 6.76. The van der Waals surface area contributed by atoms with Gasteiger partial charge in [0.05, 0.1) is 5.69 Å². The molecule has 3 N–H and O–H groups in total. The van der Waals surface area contributed by atoms with Crippen LogP contribution in [-0.2, 0) is 0 Å². The minimum absolute atomic E-state index is 0.0964. The zero-order valence-electron chi connectivity index (χ0n) is 11.7. The van der Waals surface area contributed by atoms with Crippen LogP contribution in [0.4, 0.5) is 10.1 Å². The molecule has 0 aromatic heterocycles. The van der Waals surface area contributed by atoms with Gasteiger partial charge in [0.2, 0.25) is 0 Å². The van der Waals surface area contributed by atoms with E-state index < -0.39 is 5.82 Å². The Morgan fingerprint density at radius 2 is 1.71 bits per heavy atom. The van der Waals surface area contributed by atoms with Crippen molar-refractivity contribution in [1.82, 2.24) is 0 Å². The summed E-state index contributed by atoms with van der Waals surface area (Å²) in [4.78, 5) is 12.3. The van der Waals surface area contributed by atoms with Crippen molar-refractivity contribution in [3.8, 4) is 0 Å². The summed E-state index contributed by atoms with van der Waals surface area (Å²) in [6.45, 7) is 3.81. The quantitative estimate of drug-likeness (QED) is 0.855. The Bertz CT molecular complexity index is 708. The average molecular weight is 302 g/mol. The Kier molecular flexibility index (Phi) is 4.33. The standard InChI is InChI=1S/C16H15FN2OS/c1-9-5-10(2)7-12(6-9)16(20)19-14-4-3-11(15(18)21)8-13(14)17/h3-8H,1-2H3,(H2,18,21)(H,19,20). The monoisotopic (exact) mass is 302 g/mol. The molecule has 0 fully saturated rings. The molecule has 0 unspecified atom stereocenters. The van der Waals surface area contributed by atoms with Crippen LogP contribution in [0.25, 0.3) is 0 Å². The van der Waals surface area contributed by atoms with E-state index in [1.807, 2.05) is 19.9 Å². The number of amides is 1. The minimum atomic E-state index is -0.571. The summed E-state index contributed by atoms with van der Waals surface area (Å²) in [6.07, 6.45) is 0. The van der Waals surface area contributed by atoms with Crippen molar-refractivity contribution in [2.45, 2.75) is 13.8 Å². The van der Waals surface area contributed by atoms with E-state index in [-0.39, 0.29) is 16.6 Å². The highest BCUT2D eigenvalue weighted by atomic mass is 32.1. The van der Waals surface area contributed by atoms with E-state index in [1.54, 1.807) is 18.2 Å². The fourth-order valence-corrected chi connectivity index (χ4v) is 2.20. The van der Waals surface area contributed by atoms with Gasteiger partial charge in [0.25, 0.3) is 5.91 Å². The maximum atomic E-state index is 13.9. The maximum Gasteiger partial charge on any atom is 0.255 e. The van der Waals surface area contributed by atoms with Crippen molar-refractivity contribution in [2.24, 2.45) is 5.73 Å². The van der Waals surface area contributed by atoms with Gasteiger partial charge in [-0.2, -0.15) is 0 Å². The number of thiocarbonyl (C=S) groups is 1. The molecule has 5 heteroatoms. The van der Waals surface area contributed by atoms with E-state index in [0.717, 1.165) is 11.1 Å². The molecular formula is C16H15FN2OS. The maximum absolute atomic E-state index is 13.9. The fraction of sp³-hybridized carbons (Fsp3) is 0.125. The predicted molar refractivity (Wildman–Crippen MR) is 86.2 cm³/mol. The van der Waals surface area contributed by atoms with Crippen LogP contribution in [0.15, 0.2) is 36.4 Å². The molecule has 2 aromatic carbocycles. The zero-order chi connectivity index (χ0) is 15.6. The molecule has 0 spiro atoms. The summed E-state index contributed by atoms with van der Waals surface area (Å²) in [5, 5.41) is 2.55. The lowest BCUT2D eigenvalue weighted by atomic mass is 10.1. The Morgan fingerprint density at radius 1 is 1.10 bits per heavy atom. The lowest BCUT2D eigenvalue weighted by Crippen LogP contribution is -2.15. The third kappa shape index (κ3) is 3.64. The molecule has 0 heterocycles. The highest BCUT2D eigenvalue weighted by molar-refractivity contribution is 7.80. The first kappa shape index (κ1) is 15.1. The molecule has 108 valence electrons. The molecule has 0 aliphatic heterocycles. The summed E-state index contributed by atoms with van der Waals surface area (Å²) in [7, 11) is 0. The minimum Gasteiger partial charge on any atom is -0.389 e. The number of halogens is 1. The SMILES string of the molecule is Cc1cc(C)cc(C(=O)Nc2ccc(C(N)=S)cc2F)c1. The first-order chi connectivity index (χ1) is 9.86. The van der Waals surface area contributed by atoms with E-state index in [4.69, 9.17) is 18.0 Å². The van der Waals surface area contributed by atoms with Crippen LogP contribution in [0, 0.1) is 19.7 Å². The molecular weight excluding hydrogens is 287 g/mol. The van der Waals surface area contributed by atoms with Crippen LogP contribution in [0.3, 0.4) is 0 Å². The van der Waals surface area contributed by atoms with Crippen LogP contribution in [0.5, 0.6) is 0 Å². The molecule has 21 heavy (non-hydrogen) atoms. The van der Waals surface area contributed by atoms with Crippen molar-refractivity contribution >= 4 is 28.8 Å². The largest absolute Gasteiger partial charge is 0.389 e. The van der Waals surface area contributed by atoms with Crippen molar-refractivity contribution in [3.63, 3.8) is 0 Å². The molecule has 0 saturated heterocycles. The zero-order valence-corrected chi connectivity index (χ0v) is 12.6. The van der Waals surface area contributed by atoms with Gasteiger partial charge in [-0.25, -0.2) is 4.39 Å². The van der Waals surface area contributed by atoms with Gasteiger partial charge < -0.3 is 11.1 Å².